The van der Waals surface area contributed by atoms with Gasteiger partial charge in [-0.15, -0.1) is 0 Å². The topological polar surface area (TPSA) is 38.5 Å². The largest absolute Gasteiger partial charge is 0.377 e. The number of rotatable bonds is 3. The van der Waals surface area contributed by atoms with Crippen molar-refractivity contribution in [2.75, 3.05) is 20.2 Å². The molecular weight excluding hydrogens is 224 g/mol. The lowest BCUT2D eigenvalue weighted by Gasteiger charge is -2.50. The molecule has 3 nitrogen and oxygen atoms in total. The lowest BCUT2D eigenvalue weighted by Crippen LogP contribution is -2.59. The van der Waals surface area contributed by atoms with Gasteiger partial charge in [0.2, 0.25) is 0 Å². The molecule has 1 saturated heterocycles. The van der Waals surface area contributed by atoms with E-state index in [2.05, 4.69) is 32.7 Å². The second kappa shape index (κ2) is 5.10. The summed E-state index contributed by atoms with van der Waals surface area (Å²) in [6.45, 7) is 8.65. The maximum atomic E-state index is 6.16. The van der Waals surface area contributed by atoms with Crippen LogP contribution in [0.3, 0.4) is 0 Å². The van der Waals surface area contributed by atoms with Crippen molar-refractivity contribution in [1.82, 2.24) is 4.90 Å². The Morgan fingerprint density at radius 1 is 1.22 bits per heavy atom. The number of hydrogen-bond donors (Lipinski definition) is 1. The summed E-state index contributed by atoms with van der Waals surface area (Å²) >= 11 is 0. The molecule has 0 radical (unpaired) electrons. The Hall–Kier alpha value is -0.120. The Kier molecular flexibility index (Phi) is 4.05. The van der Waals surface area contributed by atoms with Gasteiger partial charge in [0, 0.05) is 24.7 Å². The van der Waals surface area contributed by atoms with E-state index in [4.69, 9.17) is 10.5 Å². The molecule has 1 saturated carbocycles. The SMILES string of the molecule is CC1OCCC1N(C)C1(CN)CCC(C)(C)CC1. The number of hydrogen-bond acceptors (Lipinski definition) is 3. The highest BCUT2D eigenvalue weighted by Gasteiger charge is 2.44. The van der Waals surface area contributed by atoms with Crippen LogP contribution in [0.5, 0.6) is 0 Å². The quantitative estimate of drug-likeness (QED) is 0.840. The lowest BCUT2D eigenvalue weighted by molar-refractivity contribution is -0.0103. The maximum absolute atomic E-state index is 6.16. The van der Waals surface area contributed by atoms with Crippen molar-refractivity contribution >= 4 is 0 Å². The van der Waals surface area contributed by atoms with Crippen LogP contribution in [0.4, 0.5) is 0 Å². The van der Waals surface area contributed by atoms with Crippen molar-refractivity contribution in [3.05, 3.63) is 0 Å². The second-order valence-corrected chi connectivity index (χ2v) is 7.14. The van der Waals surface area contributed by atoms with E-state index in [9.17, 15) is 0 Å². The van der Waals surface area contributed by atoms with Gasteiger partial charge in [-0.25, -0.2) is 0 Å². The van der Waals surface area contributed by atoms with Gasteiger partial charge >= 0.3 is 0 Å². The van der Waals surface area contributed by atoms with Crippen LogP contribution < -0.4 is 5.73 Å². The van der Waals surface area contributed by atoms with Crippen LogP contribution in [0.1, 0.15) is 52.9 Å². The van der Waals surface area contributed by atoms with E-state index in [1.807, 2.05) is 0 Å². The van der Waals surface area contributed by atoms with Crippen LogP contribution in [-0.2, 0) is 4.74 Å². The Bertz CT molecular complexity index is 280. The van der Waals surface area contributed by atoms with Crippen molar-refractivity contribution in [3.63, 3.8) is 0 Å². The Morgan fingerprint density at radius 3 is 2.28 bits per heavy atom. The number of nitrogens with zero attached hydrogens (tertiary/aromatic N) is 1. The third-order valence-electron chi connectivity index (χ3n) is 5.50. The molecule has 0 aromatic carbocycles. The first-order valence-electron chi connectivity index (χ1n) is 7.45. The number of nitrogens with two attached hydrogens (primary N) is 1. The number of ether oxygens (including phenoxy) is 1. The molecule has 0 bridgehead atoms. The fraction of sp³-hybridized carbons (Fsp3) is 1.00. The zero-order valence-electron chi connectivity index (χ0n) is 12.5. The average Bonchev–Trinajstić information content (AvgIpc) is 2.75. The fourth-order valence-electron chi connectivity index (χ4n) is 3.67. The van der Waals surface area contributed by atoms with Crippen LogP contribution in [0.2, 0.25) is 0 Å². The van der Waals surface area contributed by atoms with E-state index >= 15 is 0 Å². The summed E-state index contributed by atoms with van der Waals surface area (Å²) in [5.41, 5.74) is 6.87. The molecule has 18 heavy (non-hydrogen) atoms. The predicted octanol–water partition coefficient (Wildman–Crippen LogP) is 2.39. The third kappa shape index (κ3) is 2.59. The minimum absolute atomic E-state index is 0.210. The molecule has 1 aliphatic heterocycles. The first kappa shape index (κ1) is 14.3. The van der Waals surface area contributed by atoms with Crippen LogP contribution in [0.15, 0.2) is 0 Å². The molecule has 2 atom stereocenters. The van der Waals surface area contributed by atoms with E-state index in [-0.39, 0.29) is 5.54 Å². The van der Waals surface area contributed by atoms with Gasteiger partial charge in [0.15, 0.2) is 0 Å². The van der Waals surface area contributed by atoms with E-state index in [1.165, 1.54) is 25.7 Å². The first-order chi connectivity index (χ1) is 8.40. The highest BCUT2D eigenvalue weighted by Crippen LogP contribution is 2.43. The molecule has 1 heterocycles. The summed E-state index contributed by atoms with van der Waals surface area (Å²) in [5.74, 6) is 0. The second-order valence-electron chi connectivity index (χ2n) is 7.14. The predicted molar refractivity (Wildman–Crippen MR) is 75.6 cm³/mol. The zero-order valence-corrected chi connectivity index (χ0v) is 12.5. The summed E-state index contributed by atoms with van der Waals surface area (Å²) < 4.78 is 5.73. The standard InChI is InChI=1S/C15H30N2O/c1-12-13(5-10-18-12)17(4)15(11-16)8-6-14(2,3)7-9-15/h12-13H,5-11,16H2,1-4H3. The van der Waals surface area contributed by atoms with Crippen molar-refractivity contribution in [1.29, 1.82) is 0 Å². The minimum Gasteiger partial charge on any atom is -0.377 e. The van der Waals surface area contributed by atoms with Crippen LogP contribution >= 0.6 is 0 Å². The Morgan fingerprint density at radius 2 is 1.83 bits per heavy atom. The van der Waals surface area contributed by atoms with Gasteiger partial charge in [-0.05, 0) is 51.5 Å². The van der Waals surface area contributed by atoms with Gasteiger partial charge in [0.25, 0.3) is 0 Å². The van der Waals surface area contributed by atoms with E-state index in [0.29, 0.717) is 17.6 Å². The molecule has 0 aromatic heterocycles. The van der Waals surface area contributed by atoms with Crippen LogP contribution in [0, 0.1) is 5.41 Å². The molecule has 0 spiro atoms. The molecule has 1 aliphatic carbocycles. The molecule has 0 amide bonds. The van der Waals surface area contributed by atoms with Gasteiger partial charge in [-0.3, -0.25) is 4.90 Å². The molecule has 3 heteroatoms. The molecular formula is C15H30N2O. The normalized spacial score (nSPS) is 35.0. The Labute approximate surface area is 112 Å². The van der Waals surface area contributed by atoms with Crippen molar-refractivity contribution in [2.45, 2.75) is 70.6 Å². The zero-order chi connectivity index (χ0) is 13.4. The average molecular weight is 254 g/mol. The highest BCUT2D eigenvalue weighted by atomic mass is 16.5. The molecule has 2 rings (SSSR count). The molecule has 2 aliphatic rings. The lowest BCUT2D eigenvalue weighted by atomic mass is 9.68. The highest BCUT2D eigenvalue weighted by molar-refractivity contribution is 5.00. The smallest absolute Gasteiger partial charge is 0.0703 e. The minimum atomic E-state index is 0.210. The van der Waals surface area contributed by atoms with E-state index in [1.54, 1.807) is 0 Å². The molecule has 2 fully saturated rings. The van der Waals surface area contributed by atoms with Gasteiger partial charge in [-0.1, -0.05) is 13.8 Å². The summed E-state index contributed by atoms with van der Waals surface area (Å²) in [7, 11) is 2.26. The monoisotopic (exact) mass is 254 g/mol. The molecule has 106 valence electrons. The summed E-state index contributed by atoms with van der Waals surface area (Å²) in [5, 5.41) is 0. The van der Waals surface area contributed by atoms with Gasteiger partial charge in [0.1, 0.15) is 0 Å². The van der Waals surface area contributed by atoms with Crippen LogP contribution in [-0.4, -0.2) is 42.8 Å². The first-order valence-corrected chi connectivity index (χ1v) is 7.45. The summed E-state index contributed by atoms with van der Waals surface area (Å²) in [4.78, 5) is 2.56. The van der Waals surface area contributed by atoms with E-state index in [0.717, 1.165) is 19.6 Å². The van der Waals surface area contributed by atoms with Gasteiger partial charge in [-0.2, -0.15) is 0 Å². The Balaban J connectivity index is 2.08. The van der Waals surface area contributed by atoms with Crippen molar-refractivity contribution in [3.8, 4) is 0 Å². The summed E-state index contributed by atoms with van der Waals surface area (Å²) in [6.07, 6.45) is 6.55. The van der Waals surface area contributed by atoms with Crippen molar-refractivity contribution in [2.24, 2.45) is 11.1 Å². The third-order valence-corrected chi connectivity index (χ3v) is 5.50. The molecule has 0 aromatic rings. The van der Waals surface area contributed by atoms with Gasteiger partial charge < -0.3 is 10.5 Å². The maximum Gasteiger partial charge on any atom is 0.0703 e. The van der Waals surface area contributed by atoms with Gasteiger partial charge in [0.05, 0.1) is 6.10 Å². The summed E-state index contributed by atoms with van der Waals surface area (Å²) in [6, 6.07) is 0.551. The molecule has 2 N–H and O–H groups in total. The van der Waals surface area contributed by atoms with Crippen molar-refractivity contribution < 1.29 is 4.74 Å². The number of likely N-dealkylation sites (N-methyl/N-ethyl adjacent to an activating group) is 1. The molecule has 2 unspecified atom stereocenters. The van der Waals surface area contributed by atoms with E-state index < -0.39 is 0 Å². The fourth-order valence-corrected chi connectivity index (χ4v) is 3.67. The van der Waals surface area contributed by atoms with Crippen LogP contribution in [0.25, 0.3) is 0 Å².